The zero-order valence-electron chi connectivity index (χ0n) is 12.5. The smallest absolute Gasteiger partial charge is 0.323 e. The SMILES string of the molecule is CN(C)CCN(CC(=O)O)C(=O)C1CCCC1(C)C. The molecule has 0 radical (unpaired) electrons. The van der Waals surface area contributed by atoms with Crippen molar-refractivity contribution in [3.63, 3.8) is 0 Å². The van der Waals surface area contributed by atoms with Crippen LogP contribution >= 0.6 is 0 Å². The number of carbonyl (C=O) groups is 2. The first-order valence-corrected chi connectivity index (χ1v) is 6.89. The Balaban J connectivity index is 2.73. The molecule has 110 valence electrons. The molecule has 1 atom stereocenters. The summed E-state index contributed by atoms with van der Waals surface area (Å²) in [6, 6.07) is 0. The number of carboxylic acid groups (broad SMARTS) is 1. The summed E-state index contributed by atoms with van der Waals surface area (Å²) in [6.07, 6.45) is 2.97. The zero-order chi connectivity index (χ0) is 14.6. The third-order valence-electron chi connectivity index (χ3n) is 4.01. The number of hydrogen-bond acceptors (Lipinski definition) is 3. The van der Waals surface area contributed by atoms with Gasteiger partial charge < -0.3 is 14.9 Å². The molecule has 5 heteroatoms. The van der Waals surface area contributed by atoms with Crippen LogP contribution in [0, 0.1) is 11.3 Å². The molecule has 0 heterocycles. The lowest BCUT2D eigenvalue weighted by molar-refractivity contribution is -0.148. The number of carboxylic acids is 1. The first-order chi connectivity index (χ1) is 8.74. The van der Waals surface area contributed by atoms with Crippen molar-refractivity contribution in [2.24, 2.45) is 11.3 Å². The van der Waals surface area contributed by atoms with E-state index in [9.17, 15) is 9.59 Å². The van der Waals surface area contributed by atoms with Crippen LogP contribution in [0.4, 0.5) is 0 Å². The number of nitrogens with zero attached hydrogens (tertiary/aromatic N) is 2. The van der Waals surface area contributed by atoms with Crippen molar-refractivity contribution in [2.45, 2.75) is 33.1 Å². The molecule has 0 aromatic heterocycles. The summed E-state index contributed by atoms with van der Waals surface area (Å²) < 4.78 is 0. The highest BCUT2D eigenvalue weighted by Gasteiger charge is 2.41. The fourth-order valence-corrected chi connectivity index (χ4v) is 2.76. The lowest BCUT2D eigenvalue weighted by Crippen LogP contribution is -2.45. The number of aliphatic carboxylic acids is 1. The molecule has 0 aliphatic heterocycles. The van der Waals surface area contributed by atoms with Crippen molar-refractivity contribution in [3.05, 3.63) is 0 Å². The van der Waals surface area contributed by atoms with Crippen LogP contribution in [0.2, 0.25) is 0 Å². The van der Waals surface area contributed by atoms with Gasteiger partial charge in [0.2, 0.25) is 5.91 Å². The zero-order valence-corrected chi connectivity index (χ0v) is 12.5. The van der Waals surface area contributed by atoms with Gasteiger partial charge in [-0.05, 0) is 32.4 Å². The molecular formula is C14H26N2O3. The summed E-state index contributed by atoms with van der Waals surface area (Å²) in [5.41, 5.74) is -0.00798. The fourth-order valence-electron chi connectivity index (χ4n) is 2.76. The van der Waals surface area contributed by atoms with E-state index in [1.165, 1.54) is 4.90 Å². The van der Waals surface area contributed by atoms with Crippen molar-refractivity contribution in [2.75, 3.05) is 33.7 Å². The molecule has 1 aliphatic carbocycles. The molecule has 1 aliphatic rings. The molecule has 0 spiro atoms. The summed E-state index contributed by atoms with van der Waals surface area (Å²) in [5.74, 6) is -0.969. The van der Waals surface area contributed by atoms with Gasteiger partial charge >= 0.3 is 5.97 Å². The van der Waals surface area contributed by atoms with Gasteiger partial charge in [-0.15, -0.1) is 0 Å². The van der Waals surface area contributed by atoms with Crippen LogP contribution in [0.3, 0.4) is 0 Å². The maximum absolute atomic E-state index is 12.6. The van der Waals surface area contributed by atoms with E-state index in [4.69, 9.17) is 5.11 Å². The number of hydrogen-bond donors (Lipinski definition) is 1. The predicted octanol–water partition coefficient (Wildman–Crippen LogP) is 1.29. The van der Waals surface area contributed by atoms with Gasteiger partial charge in [0.15, 0.2) is 0 Å². The Morgan fingerprint density at radius 2 is 1.89 bits per heavy atom. The second-order valence-corrected chi connectivity index (χ2v) is 6.39. The molecule has 0 bridgehead atoms. The van der Waals surface area contributed by atoms with Gasteiger partial charge in [0.25, 0.3) is 0 Å². The Morgan fingerprint density at radius 1 is 1.26 bits per heavy atom. The van der Waals surface area contributed by atoms with Crippen molar-refractivity contribution in [1.82, 2.24) is 9.80 Å². The summed E-state index contributed by atoms with van der Waals surface area (Å²) in [5, 5.41) is 8.96. The highest BCUT2D eigenvalue weighted by molar-refractivity contribution is 5.83. The van der Waals surface area contributed by atoms with Gasteiger partial charge in [-0.2, -0.15) is 0 Å². The number of carbonyl (C=O) groups excluding carboxylic acids is 1. The Labute approximate surface area is 115 Å². The average molecular weight is 270 g/mol. The minimum Gasteiger partial charge on any atom is -0.480 e. The van der Waals surface area contributed by atoms with E-state index in [2.05, 4.69) is 13.8 Å². The lowest BCUT2D eigenvalue weighted by Gasteiger charge is -2.31. The van der Waals surface area contributed by atoms with Gasteiger partial charge in [0.05, 0.1) is 0 Å². The monoisotopic (exact) mass is 270 g/mol. The Bertz CT molecular complexity index is 340. The first kappa shape index (κ1) is 16.0. The molecule has 1 amide bonds. The van der Waals surface area contributed by atoms with Crippen LogP contribution in [0.1, 0.15) is 33.1 Å². The first-order valence-electron chi connectivity index (χ1n) is 6.89. The molecular weight excluding hydrogens is 244 g/mol. The van der Waals surface area contributed by atoms with Crippen molar-refractivity contribution in [1.29, 1.82) is 0 Å². The molecule has 5 nitrogen and oxygen atoms in total. The summed E-state index contributed by atoms with van der Waals surface area (Å²) in [6.45, 7) is 5.18. The largest absolute Gasteiger partial charge is 0.480 e. The van der Waals surface area contributed by atoms with Crippen LogP contribution in [0.15, 0.2) is 0 Å². The molecule has 1 saturated carbocycles. The Hall–Kier alpha value is -1.10. The molecule has 1 unspecified atom stereocenters. The van der Waals surface area contributed by atoms with Crippen LogP contribution in [-0.2, 0) is 9.59 Å². The van der Waals surface area contributed by atoms with Crippen LogP contribution < -0.4 is 0 Å². The highest BCUT2D eigenvalue weighted by atomic mass is 16.4. The number of rotatable bonds is 6. The number of amides is 1. The maximum Gasteiger partial charge on any atom is 0.323 e. The van der Waals surface area contributed by atoms with Gasteiger partial charge in [0, 0.05) is 19.0 Å². The lowest BCUT2D eigenvalue weighted by atomic mass is 9.81. The summed E-state index contributed by atoms with van der Waals surface area (Å²) in [4.78, 5) is 26.9. The third-order valence-corrected chi connectivity index (χ3v) is 4.01. The van der Waals surface area contributed by atoms with E-state index >= 15 is 0 Å². The van der Waals surface area contributed by atoms with E-state index in [0.29, 0.717) is 13.1 Å². The van der Waals surface area contributed by atoms with Crippen molar-refractivity contribution >= 4 is 11.9 Å². The van der Waals surface area contributed by atoms with E-state index in [1.807, 2.05) is 19.0 Å². The topological polar surface area (TPSA) is 60.9 Å². The molecule has 19 heavy (non-hydrogen) atoms. The second kappa shape index (κ2) is 6.37. The quantitative estimate of drug-likeness (QED) is 0.790. The van der Waals surface area contributed by atoms with Crippen LogP contribution in [-0.4, -0.2) is 60.5 Å². The normalized spacial score (nSPS) is 21.6. The molecule has 1 rings (SSSR count). The fraction of sp³-hybridized carbons (Fsp3) is 0.857. The average Bonchev–Trinajstić information content (AvgIpc) is 2.62. The molecule has 0 aromatic carbocycles. The molecule has 0 saturated heterocycles. The maximum atomic E-state index is 12.6. The van der Waals surface area contributed by atoms with Gasteiger partial charge in [-0.1, -0.05) is 20.3 Å². The van der Waals surface area contributed by atoms with E-state index < -0.39 is 5.97 Å². The highest BCUT2D eigenvalue weighted by Crippen LogP contribution is 2.43. The van der Waals surface area contributed by atoms with E-state index in [0.717, 1.165) is 19.3 Å². The second-order valence-electron chi connectivity index (χ2n) is 6.39. The standard InChI is InChI=1S/C14H26N2O3/c1-14(2)7-5-6-11(14)13(19)16(10-12(17)18)9-8-15(3)4/h11H,5-10H2,1-4H3,(H,17,18). The van der Waals surface area contributed by atoms with E-state index in [1.54, 1.807) is 0 Å². The summed E-state index contributed by atoms with van der Waals surface area (Å²) in [7, 11) is 3.84. The molecule has 1 fully saturated rings. The van der Waals surface area contributed by atoms with Crippen molar-refractivity contribution in [3.8, 4) is 0 Å². The van der Waals surface area contributed by atoms with Gasteiger partial charge in [0.1, 0.15) is 6.54 Å². The molecule has 0 aromatic rings. The minimum atomic E-state index is -0.942. The third kappa shape index (κ3) is 4.49. The Kier molecular flexibility index (Phi) is 5.35. The van der Waals surface area contributed by atoms with E-state index in [-0.39, 0.29) is 23.8 Å². The van der Waals surface area contributed by atoms with Gasteiger partial charge in [-0.25, -0.2) is 0 Å². The minimum absolute atomic E-state index is 0.00625. The summed E-state index contributed by atoms with van der Waals surface area (Å²) >= 11 is 0. The van der Waals surface area contributed by atoms with Crippen molar-refractivity contribution < 1.29 is 14.7 Å². The van der Waals surface area contributed by atoms with Crippen LogP contribution in [0.5, 0.6) is 0 Å². The Morgan fingerprint density at radius 3 is 2.32 bits per heavy atom. The number of likely N-dealkylation sites (N-methyl/N-ethyl adjacent to an activating group) is 1. The molecule has 1 N–H and O–H groups in total. The predicted molar refractivity (Wildman–Crippen MR) is 73.9 cm³/mol. The van der Waals surface area contributed by atoms with Gasteiger partial charge in [-0.3, -0.25) is 9.59 Å². The van der Waals surface area contributed by atoms with Crippen LogP contribution in [0.25, 0.3) is 0 Å².